The Balaban J connectivity index is 1.81. The first-order valence-electron chi connectivity index (χ1n) is 8.06. The van der Waals surface area contributed by atoms with Gasteiger partial charge in [-0.1, -0.05) is 42.5 Å². The predicted molar refractivity (Wildman–Crippen MR) is 93.4 cm³/mol. The summed E-state index contributed by atoms with van der Waals surface area (Å²) in [6.07, 6.45) is -2.28. The van der Waals surface area contributed by atoms with Crippen molar-refractivity contribution in [1.29, 1.82) is 0 Å². The number of benzene rings is 2. The van der Waals surface area contributed by atoms with Gasteiger partial charge in [0.1, 0.15) is 5.75 Å². The van der Waals surface area contributed by atoms with Gasteiger partial charge < -0.3 is 20.1 Å². The fourth-order valence-electron chi connectivity index (χ4n) is 2.77. The third-order valence-corrected chi connectivity index (χ3v) is 4.01. The van der Waals surface area contributed by atoms with E-state index in [0.717, 1.165) is 0 Å². The monoisotopic (exact) mass is 354 g/mol. The average Bonchev–Trinajstić information content (AvgIpc) is 2.65. The van der Waals surface area contributed by atoms with E-state index in [2.05, 4.69) is 0 Å². The third-order valence-electron chi connectivity index (χ3n) is 4.01. The standard InChI is InChI=1S/C19H18N2O5/c1-12(22)21-11-16(25-15-10-6-5-9-14(15)21)19(24)26-17(18(20)23)13-7-3-2-4-8-13/h2-10,16-17H,11H2,1H3,(H2,20,23)/t16-,17-/m1/s1. The van der Waals surface area contributed by atoms with Gasteiger partial charge in [-0.25, -0.2) is 4.79 Å². The molecule has 0 spiro atoms. The van der Waals surface area contributed by atoms with Crippen LogP contribution in [-0.2, 0) is 19.1 Å². The van der Waals surface area contributed by atoms with Crippen LogP contribution < -0.4 is 15.4 Å². The Hall–Kier alpha value is -3.35. The van der Waals surface area contributed by atoms with E-state index >= 15 is 0 Å². The molecule has 0 saturated heterocycles. The number of nitrogens with two attached hydrogens (primary N) is 1. The second-order valence-electron chi connectivity index (χ2n) is 5.83. The molecule has 2 aromatic rings. The summed E-state index contributed by atoms with van der Waals surface area (Å²) in [5, 5.41) is 0. The molecule has 0 radical (unpaired) electrons. The van der Waals surface area contributed by atoms with Crippen molar-refractivity contribution in [3.05, 3.63) is 60.2 Å². The van der Waals surface area contributed by atoms with Crippen molar-refractivity contribution in [2.24, 2.45) is 5.73 Å². The maximum Gasteiger partial charge on any atom is 0.350 e. The third kappa shape index (κ3) is 3.51. The first kappa shape index (κ1) is 17.5. The van der Waals surface area contributed by atoms with E-state index < -0.39 is 24.1 Å². The van der Waals surface area contributed by atoms with Crippen LogP contribution in [0.25, 0.3) is 0 Å². The van der Waals surface area contributed by atoms with Crippen molar-refractivity contribution in [3.63, 3.8) is 0 Å². The Bertz CT molecular complexity index is 837. The van der Waals surface area contributed by atoms with Gasteiger partial charge in [0.05, 0.1) is 12.2 Å². The molecule has 7 nitrogen and oxygen atoms in total. The van der Waals surface area contributed by atoms with Gasteiger partial charge in [0, 0.05) is 12.5 Å². The first-order valence-corrected chi connectivity index (χ1v) is 8.06. The van der Waals surface area contributed by atoms with E-state index in [-0.39, 0.29) is 12.5 Å². The SMILES string of the molecule is CC(=O)N1C[C@H](C(=O)O[C@@H](C(N)=O)c2ccccc2)Oc2ccccc21. The highest BCUT2D eigenvalue weighted by molar-refractivity contribution is 5.95. The number of rotatable bonds is 4. The van der Waals surface area contributed by atoms with Gasteiger partial charge in [-0.05, 0) is 12.1 Å². The molecule has 3 rings (SSSR count). The topological polar surface area (TPSA) is 98.9 Å². The summed E-state index contributed by atoms with van der Waals surface area (Å²) in [5.41, 5.74) is 6.42. The van der Waals surface area contributed by atoms with E-state index in [0.29, 0.717) is 17.0 Å². The largest absolute Gasteiger partial charge is 0.475 e. The number of amides is 2. The fraction of sp³-hybridized carbons (Fsp3) is 0.211. The lowest BCUT2D eigenvalue weighted by molar-refractivity contribution is -0.162. The van der Waals surface area contributed by atoms with Crippen LogP contribution in [0.3, 0.4) is 0 Å². The molecule has 0 aliphatic carbocycles. The van der Waals surface area contributed by atoms with Gasteiger partial charge in [0.25, 0.3) is 5.91 Å². The lowest BCUT2D eigenvalue weighted by Gasteiger charge is -2.33. The van der Waals surface area contributed by atoms with Crippen molar-refractivity contribution >= 4 is 23.5 Å². The van der Waals surface area contributed by atoms with E-state index in [4.69, 9.17) is 15.2 Å². The molecule has 2 amide bonds. The molecule has 0 fully saturated rings. The summed E-state index contributed by atoms with van der Waals surface area (Å²) in [6, 6.07) is 15.4. The molecular formula is C19H18N2O5. The Labute approximate surface area is 150 Å². The van der Waals surface area contributed by atoms with Crippen LogP contribution in [0, 0.1) is 0 Å². The number of carbonyl (C=O) groups excluding carboxylic acids is 3. The molecule has 2 atom stereocenters. The van der Waals surface area contributed by atoms with Crippen LogP contribution in [0.2, 0.25) is 0 Å². The van der Waals surface area contributed by atoms with Crippen LogP contribution in [0.4, 0.5) is 5.69 Å². The number of fused-ring (bicyclic) bond motifs is 1. The quantitative estimate of drug-likeness (QED) is 0.840. The molecule has 0 saturated carbocycles. The molecule has 0 unspecified atom stereocenters. The lowest BCUT2D eigenvalue weighted by atomic mass is 10.1. The van der Waals surface area contributed by atoms with Crippen LogP contribution in [0.1, 0.15) is 18.6 Å². The molecule has 2 N–H and O–H groups in total. The van der Waals surface area contributed by atoms with Gasteiger partial charge in [0.2, 0.25) is 18.1 Å². The molecular weight excluding hydrogens is 336 g/mol. The van der Waals surface area contributed by atoms with Crippen LogP contribution >= 0.6 is 0 Å². The second kappa shape index (κ2) is 7.26. The Morgan fingerprint density at radius 1 is 1.12 bits per heavy atom. The Morgan fingerprint density at radius 3 is 2.42 bits per heavy atom. The summed E-state index contributed by atoms with van der Waals surface area (Å²) in [4.78, 5) is 37.7. The van der Waals surface area contributed by atoms with Crippen molar-refractivity contribution in [2.45, 2.75) is 19.1 Å². The number of carbonyl (C=O) groups is 3. The van der Waals surface area contributed by atoms with Crippen LogP contribution in [0.15, 0.2) is 54.6 Å². The normalized spacial score (nSPS) is 16.8. The highest BCUT2D eigenvalue weighted by Gasteiger charge is 2.35. The van der Waals surface area contributed by atoms with Crippen molar-refractivity contribution < 1.29 is 23.9 Å². The molecule has 1 heterocycles. The Kier molecular flexibility index (Phi) is 4.88. The average molecular weight is 354 g/mol. The summed E-state index contributed by atoms with van der Waals surface area (Å²) in [6.45, 7) is 1.39. The van der Waals surface area contributed by atoms with Crippen LogP contribution in [0.5, 0.6) is 5.75 Å². The molecule has 26 heavy (non-hydrogen) atoms. The maximum atomic E-state index is 12.6. The van der Waals surface area contributed by atoms with E-state index in [1.165, 1.54) is 11.8 Å². The molecule has 1 aliphatic rings. The summed E-state index contributed by atoms with van der Waals surface area (Å²) in [5.74, 6) is -1.39. The molecule has 0 aromatic heterocycles. The molecule has 7 heteroatoms. The molecule has 1 aliphatic heterocycles. The van der Waals surface area contributed by atoms with Crippen LogP contribution in [-0.4, -0.2) is 30.4 Å². The summed E-state index contributed by atoms with van der Waals surface area (Å²) >= 11 is 0. The smallest absolute Gasteiger partial charge is 0.350 e. The van der Waals surface area contributed by atoms with E-state index in [1.807, 2.05) is 0 Å². The number of hydrogen-bond acceptors (Lipinski definition) is 5. The van der Waals surface area contributed by atoms with Crippen molar-refractivity contribution in [2.75, 3.05) is 11.4 Å². The van der Waals surface area contributed by atoms with Gasteiger partial charge in [-0.2, -0.15) is 0 Å². The molecule has 0 bridgehead atoms. The Morgan fingerprint density at radius 2 is 1.77 bits per heavy atom. The highest BCUT2D eigenvalue weighted by atomic mass is 16.6. The van der Waals surface area contributed by atoms with Gasteiger partial charge >= 0.3 is 5.97 Å². The lowest BCUT2D eigenvalue weighted by Crippen LogP contribution is -2.47. The minimum absolute atomic E-state index is 0.00848. The van der Waals surface area contributed by atoms with Gasteiger partial charge in [-0.15, -0.1) is 0 Å². The minimum atomic E-state index is -1.23. The number of nitrogens with zero attached hydrogens (tertiary/aromatic N) is 1. The van der Waals surface area contributed by atoms with Crippen molar-refractivity contribution in [1.82, 2.24) is 0 Å². The molecule has 2 aromatic carbocycles. The minimum Gasteiger partial charge on any atom is -0.475 e. The zero-order chi connectivity index (χ0) is 18.7. The fourth-order valence-corrected chi connectivity index (χ4v) is 2.77. The van der Waals surface area contributed by atoms with E-state index in [9.17, 15) is 14.4 Å². The van der Waals surface area contributed by atoms with Gasteiger partial charge in [0.15, 0.2) is 0 Å². The zero-order valence-corrected chi connectivity index (χ0v) is 14.1. The molecule has 134 valence electrons. The number of esters is 1. The van der Waals surface area contributed by atoms with Gasteiger partial charge in [-0.3, -0.25) is 9.59 Å². The summed E-state index contributed by atoms with van der Waals surface area (Å²) < 4.78 is 11.0. The number of hydrogen-bond donors (Lipinski definition) is 1. The number of primary amides is 1. The number of anilines is 1. The maximum absolute atomic E-state index is 12.6. The second-order valence-corrected chi connectivity index (χ2v) is 5.83. The zero-order valence-electron chi connectivity index (χ0n) is 14.1. The number of para-hydroxylation sites is 2. The summed E-state index contributed by atoms with van der Waals surface area (Å²) in [7, 11) is 0. The predicted octanol–water partition coefficient (Wildman–Crippen LogP) is 1.57. The highest BCUT2D eigenvalue weighted by Crippen LogP contribution is 2.33. The number of ether oxygens (including phenoxy) is 2. The van der Waals surface area contributed by atoms with Crippen molar-refractivity contribution in [3.8, 4) is 5.75 Å². The van der Waals surface area contributed by atoms with E-state index in [1.54, 1.807) is 54.6 Å². The first-order chi connectivity index (χ1) is 12.5.